The molecule has 4 aliphatic heterocycles. The molecule has 2 atom stereocenters. The molecule has 0 radical (unpaired) electrons. The van der Waals surface area contributed by atoms with E-state index in [1.165, 1.54) is 17.1 Å². The maximum atomic E-state index is 13.0. The lowest BCUT2D eigenvalue weighted by Gasteiger charge is -2.49. The lowest BCUT2D eigenvalue weighted by Crippen LogP contribution is -2.71. The normalized spacial score (nSPS) is 24.9. The van der Waals surface area contributed by atoms with E-state index in [9.17, 15) is 29.5 Å². The molecule has 14 nitrogen and oxygen atoms in total. The van der Waals surface area contributed by atoms with Crippen LogP contribution in [0, 0.1) is 0 Å². The van der Waals surface area contributed by atoms with Crippen LogP contribution in [0.25, 0.3) is 0 Å². The molecule has 4 aliphatic rings. The number of oxime groups is 1. The van der Waals surface area contributed by atoms with E-state index in [1.807, 2.05) is 0 Å². The van der Waals surface area contributed by atoms with Gasteiger partial charge in [-0.2, -0.15) is 0 Å². The summed E-state index contributed by atoms with van der Waals surface area (Å²) in [6.07, 6.45) is 2.08. The minimum absolute atomic E-state index is 0.0542. The van der Waals surface area contributed by atoms with Gasteiger partial charge in [0.2, 0.25) is 5.91 Å². The van der Waals surface area contributed by atoms with Crippen LogP contribution in [0.15, 0.2) is 33.5 Å². The summed E-state index contributed by atoms with van der Waals surface area (Å²) in [7, 11) is 0. The molecule has 3 fully saturated rings. The Morgan fingerprint density at radius 2 is 2.13 bits per heavy atom. The number of nitrogens with zero attached hydrogens (tertiary/aromatic N) is 4. The number of anilines is 1. The van der Waals surface area contributed by atoms with Crippen molar-refractivity contribution >= 4 is 57.6 Å². The maximum absolute atomic E-state index is 13.0. The molecule has 5 rings (SSSR count). The number of carbonyl (C=O) groups is 4. The van der Waals surface area contributed by atoms with E-state index in [1.54, 1.807) is 11.0 Å². The Morgan fingerprint density at radius 1 is 1.34 bits per heavy atom. The Kier molecular flexibility index (Phi) is 7.38. The molecule has 5 heterocycles. The number of aliphatic carboxylic acids is 1. The highest BCUT2D eigenvalue weighted by molar-refractivity contribution is 8.00. The second kappa shape index (κ2) is 10.7. The fourth-order valence-electron chi connectivity index (χ4n) is 4.63. The van der Waals surface area contributed by atoms with Crippen molar-refractivity contribution in [3.63, 3.8) is 0 Å². The van der Waals surface area contributed by atoms with Gasteiger partial charge >= 0.3 is 5.97 Å². The molecule has 202 valence electrons. The number of hydrogen-bond donors (Lipinski definition) is 6. The first-order valence-corrected chi connectivity index (χ1v) is 13.8. The largest absolute Gasteiger partial charge is 0.477 e. The first-order chi connectivity index (χ1) is 18.3. The number of rotatable bonds is 9. The van der Waals surface area contributed by atoms with Crippen LogP contribution in [-0.2, 0) is 19.2 Å². The van der Waals surface area contributed by atoms with Gasteiger partial charge in [0.15, 0.2) is 10.8 Å². The Bertz CT molecular complexity index is 1270. The molecule has 1 aromatic rings. The van der Waals surface area contributed by atoms with Gasteiger partial charge < -0.3 is 36.9 Å². The highest BCUT2D eigenvalue weighted by Gasteiger charge is 2.54. The second-order valence-corrected chi connectivity index (χ2v) is 11.1. The number of carboxylic acids is 1. The molecule has 38 heavy (non-hydrogen) atoms. The molecule has 0 saturated carbocycles. The third-order valence-corrected chi connectivity index (χ3v) is 8.70. The van der Waals surface area contributed by atoms with Crippen molar-refractivity contribution < 1.29 is 29.5 Å². The van der Waals surface area contributed by atoms with Gasteiger partial charge in [0.05, 0.1) is 0 Å². The van der Waals surface area contributed by atoms with Gasteiger partial charge in [0.25, 0.3) is 11.8 Å². The number of fused-ring (bicyclic) bond motifs is 1. The predicted molar refractivity (Wildman–Crippen MR) is 138 cm³/mol. The van der Waals surface area contributed by atoms with Gasteiger partial charge in [-0.1, -0.05) is 5.16 Å². The van der Waals surface area contributed by atoms with Crippen LogP contribution in [-0.4, -0.2) is 110 Å². The zero-order chi connectivity index (χ0) is 27.0. The van der Waals surface area contributed by atoms with Gasteiger partial charge in [-0.15, -0.1) is 23.1 Å². The van der Waals surface area contributed by atoms with E-state index >= 15 is 0 Å². The first kappa shape index (κ1) is 26.1. The van der Waals surface area contributed by atoms with Crippen molar-refractivity contribution in [1.82, 2.24) is 30.7 Å². The molecule has 0 aromatic carbocycles. The van der Waals surface area contributed by atoms with Gasteiger partial charge in [-0.05, 0) is 18.1 Å². The Labute approximate surface area is 225 Å². The highest BCUT2D eigenvalue weighted by Crippen LogP contribution is 2.41. The minimum atomic E-state index is -1.29. The monoisotopic (exact) mass is 562 g/mol. The number of nitrogen functional groups attached to an aromatic ring is 1. The summed E-state index contributed by atoms with van der Waals surface area (Å²) in [4.78, 5) is 57.5. The SMILES string of the molecule is Nc1nc(C(=NO)C(=O)N[C@@H]2C(=O)N3C(C(=O)O)=C(C=C4CCN(CCNC5CNC5)C4=O)CS[C@H]23)cs1. The van der Waals surface area contributed by atoms with Crippen molar-refractivity contribution in [1.29, 1.82) is 0 Å². The molecular weight excluding hydrogens is 536 g/mol. The lowest BCUT2D eigenvalue weighted by atomic mass is 10.0. The first-order valence-electron chi connectivity index (χ1n) is 11.9. The number of thioether (sulfide) groups is 1. The average molecular weight is 563 g/mol. The zero-order valence-electron chi connectivity index (χ0n) is 20.0. The Balaban J connectivity index is 1.26. The maximum Gasteiger partial charge on any atom is 0.352 e. The van der Waals surface area contributed by atoms with Crippen molar-refractivity contribution in [2.24, 2.45) is 5.16 Å². The van der Waals surface area contributed by atoms with Crippen LogP contribution in [0.4, 0.5) is 5.13 Å². The number of carboxylic acid groups (broad SMARTS) is 1. The number of thiazole rings is 1. The number of likely N-dealkylation sites (tertiary alicyclic amines) is 1. The number of nitrogens with one attached hydrogen (secondary N) is 3. The van der Waals surface area contributed by atoms with Crippen LogP contribution >= 0.6 is 23.1 Å². The fourth-order valence-corrected chi connectivity index (χ4v) is 6.49. The van der Waals surface area contributed by atoms with Gasteiger partial charge in [-0.3, -0.25) is 19.3 Å². The van der Waals surface area contributed by atoms with E-state index < -0.39 is 34.9 Å². The number of hydrogen-bond acceptors (Lipinski definition) is 12. The molecule has 0 spiro atoms. The van der Waals surface area contributed by atoms with Crippen molar-refractivity contribution in [3.8, 4) is 0 Å². The van der Waals surface area contributed by atoms with E-state index in [4.69, 9.17) is 5.73 Å². The smallest absolute Gasteiger partial charge is 0.352 e. The second-order valence-electron chi connectivity index (χ2n) is 9.08. The van der Waals surface area contributed by atoms with Crippen molar-refractivity contribution in [2.75, 3.05) is 44.2 Å². The quantitative estimate of drug-likeness (QED) is 0.0662. The molecule has 3 saturated heterocycles. The van der Waals surface area contributed by atoms with Crippen LogP contribution in [0.3, 0.4) is 0 Å². The third-order valence-electron chi connectivity index (χ3n) is 6.72. The molecule has 3 amide bonds. The molecule has 0 aliphatic carbocycles. The number of allylic oxidation sites excluding steroid dienone is 1. The summed E-state index contributed by atoms with van der Waals surface area (Å²) >= 11 is 2.33. The van der Waals surface area contributed by atoms with Gasteiger partial charge in [0, 0.05) is 55.5 Å². The highest BCUT2D eigenvalue weighted by atomic mass is 32.2. The van der Waals surface area contributed by atoms with E-state index in [-0.39, 0.29) is 28.2 Å². The summed E-state index contributed by atoms with van der Waals surface area (Å²) in [6, 6.07) is -0.597. The predicted octanol–water partition coefficient (Wildman–Crippen LogP) is -1.64. The topological polar surface area (TPSA) is 203 Å². The molecule has 0 unspecified atom stereocenters. The van der Waals surface area contributed by atoms with Crippen LogP contribution < -0.4 is 21.7 Å². The van der Waals surface area contributed by atoms with Crippen LogP contribution in [0.5, 0.6) is 0 Å². The average Bonchev–Trinajstić information content (AvgIpc) is 3.44. The summed E-state index contributed by atoms with van der Waals surface area (Å²) in [5, 5.41) is 32.2. The van der Waals surface area contributed by atoms with Crippen molar-refractivity contribution in [3.05, 3.63) is 34.0 Å². The molecule has 0 bridgehead atoms. The number of nitrogens with two attached hydrogens (primary N) is 1. The third kappa shape index (κ3) is 4.87. The zero-order valence-corrected chi connectivity index (χ0v) is 21.7. The number of amides is 3. The Morgan fingerprint density at radius 3 is 2.76 bits per heavy atom. The Hall–Kier alpha value is -3.47. The van der Waals surface area contributed by atoms with E-state index in [0.717, 1.165) is 29.3 Å². The molecule has 16 heteroatoms. The molecular formula is C22H26N8O6S2. The summed E-state index contributed by atoms with van der Waals surface area (Å²) in [5.41, 5.74) is 5.89. The number of aromatic nitrogens is 1. The summed E-state index contributed by atoms with van der Waals surface area (Å²) in [5.74, 6) is -2.66. The minimum Gasteiger partial charge on any atom is -0.477 e. The number of carbonyl (C=O) groups excluding carboxylic acids is 3. The van der Waals surface area contributed by atoms with E-state index in [2.05, 4.69) is 26.1 Å². The van der Waals surface area contributed by atoms with Gasteiger partial charge in [-0.25, -0.2) is 9.78 Å². The van der Waals surface area contributed by atoms with E-state index in [0.29, 0.717) is 43.2 Å². The van der Waals surface area contributed by atoms with Crippen molar-refractivity contribution in [2.45, 2.75) is 23.9 Å². The van der Waals surface area contributed by atoms with Gasteiger partial charge in [0.1, 0.15) is 22.8 Å². The summed E-state index contributed by atoms with van der Waals surface area (Å²) in [6.45, 7) is 3.63. The molecule has 1 aromatic heterocycles. The lowest BCUT2D eigenvalue weighted by molar-refractivity contribution is -0.150. The number of β-lactam (4-membered cyclic amide) rings is 1. The fraction of sp³-hybridized carbons (Fsp3) is 0.455. The van der Waals surface area contributed by atoms with Crippen LogP contribution in [0.1, 0.15) is 12.1 Å². The standard InChI is InChI=1S/C22H26N8O6S2/c23-22-26-13(9-38-22)14(28-36)17(31)27-15-19(33)30-16(21(34)35)11(8-37-20(15)30)5-10-1-3-29(18(10)32)4-2-25-12-6-24-7-12/h5,9,12,15,20,24-25,36H,1-4,6-8H2,(H2,23,26)(H,27,31)(H,34,35)/t15-,20-/m1/s1. The summed E-state index contributed by atoms with van der Waals surface area (Å²) < 4.78 is 0. The molecule has 7 N–H and O–H groups in total. The van der Waals surface area contributed by atoms with Crippen LogP contribution in [0.2, 0.25) is 0 Å².